The SMILES string of the molecule is CSc1nccc(N2CCCn3nc(CCC(=O)NC4CC4)cc3C2)n1. The second-order valence-corrected chi connectivity index (χ2v) is 7.64. The first-order chi connectivity index (χ1) is 12.7. The van der Waals surface area contributed by atoms with Gasteiger partial charge in [0, 0.05) is 38.2 Å². The first-order valence-electron chi connectivity index (χ1n) is 9.18. The Morgan fingerprint density at radius 2 is 2.27 bits per heavy atom. The fraction of sp³-hybridized carbons (Fsp3) is 0.556. The third-order valence-corrected chi connectivity index (χ3v) is 5.30. The van der Waals surface area contributed by atoms with Crippen molar-refractivity contribution in [3.05, 3.63) is 29.7 Å². The number of carbonyl (C=O) groups is 1. The van der Waals surface area contributed by atoms with Crippen LogP contribution in [0.25, 0.3) is 0 Å². The summed E-state index contributed by atoms with van der Waals surface area (Å²) in [5.74, 6) is 1.10. The Kier molecular flexibility index (Phi) is 5.10. The molecule has 0 atom stereocenters. The van der Waals surface area contributed by atoms with Crippen molar-refractivity contribution in [3.63, 3.8) is 0 Å². The lowest BCUT2D eigenvalue weighted by Crippen LogP contribution is -2.25. The Balaban J connectivity index is 1.42. The molecular weight excluding hydrogens is 348 g/mol. The molecule has 2 aromatic rings. The van der Waals surface area contributed by atoms with Gasteiger partial charge in [0.05, 0.1) is 17.9 Å². The predicted molar refractivity (Wildman–Crippen MR) is 101 cm³/mol. The largest absolute Gasteiger partial charge is 0.353 e. The molecule has 1 aliphatic carbocycles. The molecule has 0 radical (unpaired) electrons. The van der Waals surface area contributed by atoms with E-state index in [9.17, 15) is 4.79 Å². The predicted octanol–water partition coefficient (Wildman–Crippen LogP) is 2.02. The van der Waals surface area contributed by atoms with Crippen LogP contribution in [0.1, 0.15) is 37.1 Å². The van der Waals surface area contributed by atoms with Crippen LogP contribution in [0.15, 0.2) is 23.5 Å². The van der Waals surface area contributed by atoms with E-state index in [2.05, 4.69) is 30.9 Å². The van der Waals surface area contributed by atoms with E-state index < -0.39 is 0 Å². The molecule has 2 aromatic heterocycles. The van der Waals surface area contributed by atoms with Crippen molar-refractivity contribution in [1.82, 2.24) is 25.1 Å². The summed E-state index contributed by atoms with van der Waals surface area (Å²) in [4.78, 5) is 23.1. The number of hydrogen-bond donors (Lipinski definition) is 1. The summed E-state index contributed by atoms with van der Waals surface area (Å²) >= 11 is 1.56. The maximum atomic E-state index is 11.9. The van der Waals surface area contributed by atoms with Gasteiger partial charge < -0.3 is 10.2 Å². The summed E-state index contributed by atoms with van der Waals surface area (Å²) in [6.07, 6.45) is 8.29. The highest BCUT2D eigenvalue weighted by molar-refractivity contribution is 7.98. The average molecular weight is 372 g/mol. The van der Waals surface area contributed by atoms with Gasteiger partial charge in [-0.15, -0.1) is 0 Å². The van der Waals surface area contributed by atoms with Crippen molar-refractivity contribution >= 4 is 23.5 Å². The molecule has 1 N–H and O–H groups in total. The van der Waals surface area contributed by atoms with Gasteiger partial charge in [0.25, 0.3) is 0 Å². The maximum absolute atomic E-state index is 11.9. The molecule has 0 unspecified atom stereocenters. The number of fused-ring (bicyclic) bond motifs is 1. The standard InChI is InChI=1S/C18H24N6OS/c1-26-18-19-8-7-16(21-18)23-9-2-10-24-15(12-23)11-14(22-24)5-6-17(25)20-13-3-4-13/h7-8,11,13H,2-6,9-10,12H2,1H3,(H,20,25). The number of aromatic nitrogens is 4. The van der Waals surface area contributed by atoms with E-state index in [4.69, 9.17) is 5.10 Å². The number of hydrogen-bond acceptors (Lipinski definition) is 6. The van der Waals surface area contributed by atoms with E-state index >= 15 is 0 Å². The number of nitrogens with zero attached hydrogens (tertiary/aromatic N) is 5. The molecular formula is C18H24N6OS. The maximum Gasteiger partial charge on any atom is 0.220 e. The molecule has 0 aromatic carbocycles. The summed E-state index contributed by atoms with van der Waals surface area (Å²) in [7, 11) is 0. The van der Waals surface area contributed by atoms with Crippen molar-refractivity contribution in [2.75, 3.05) is 17.7 Å². The van der Waals surface area contributed by atoms with Gasteiger partial charge in [-0.1, -0.05) is 11.8 Å². The van der Waals surface area contributed by atoms with E-state index in [1.807, 2.05) is 18.5 Å². The Hall–Kier alpha value is -2.09. The van der Waals surface area contributed by atoms with Gasteiger partial charge >= 0.3 is 0 Å². The highest BCUT2D eigenvalue weighted by Crippen LogP contribution is 2.22. The van der Waals surface area contributed by atoms with Gasteiger partial charge in [-0.25, -0.2) is 9.97 Å². The van der Waals surface area contributed by atoms with E-state index in [1.165, 1.54) is 5.69 Å². The molecule has 1 saturated carbocycles. The first kappa shape index (κ1) is 17.3. The summed E-state index contributed by atoms with van der Waals surface area (Å²) in [5.41, 5.74) is 2.18. The molecule has 0 spiro atoms. The topological polar surface area (TPSA) is 75.9 Å². The van der Waals surface area contributed by atoms with Crippen LogP contribution in [0.3, 0.4) is 0 Å². The molecule has 1 fully saturated rings. The summed E-state index contributed by atoms with van der Waals surface area (Å²) in [6, 6.07) is 4.53. The van der Waals surface area contributed by atoms with Crippen LogP contribution in [0, 0.1) is 0 Å². The third-order valence-electron chi connectivity index (χ3n) is 4.74. The zero-order valence-corrected chi connectivity index (χ0v) is 15.8. The Morgan fingerprint density at radius 3 is 3.08 bits per heavy atom. The highest BCUT2D eigenvalue weighted by atomic mass is 32.2. The molecule has 0 bridgehead atoms. The smallest absolute Gasteiger partial charge is 0.220 e. The van der Waals surface area contributed by atoms with Gasteiger partial charge in [0.2, 0.25) is 5.91 Å². The lowest BCUT2D eigenvalue weighted by Gasteiger charge is -2.21. The molecule has 3 heterocycles. The number of thioether (sulfide) groups is 1. The van der Waals surface area contributed by atoms with Crippen LogP contribution < -0.4 is 10.2 Å². The molecule has 1 aliphatic heterocycles. The molecule has 26 heavy (non-hydrogen) atoms. The quantitative estimate of drug-likeness (QED) is 0.618. The van der Waals surface area contributed by atoms with Crippen molar-refractivity contribution in [2.45, 2.75) is 56.4 Å². The number of aryl methyl sites for hydroxylation is 2. The zero-order valence-electron chi connectivity index (χ0n) is 15.0. The highest BCUT2D eigenvalue weighted by Gasteiger charge is 2.23. The van der Waals surface area contributed by atoms with E-state index in [-0.39, 0.29) is 5.91 Å². The molecule has 7 nitrogen and oxygen atoms in total. The minimum Gasteiger partial charge on any atom is -0.353 e. The number of anilines is 1. The first-order valence-corrected chi connectivity index (χ1v) is 10.4. The van der Waals surface area contributed by atoms with Crippen LogP contribution >= 0.6 is 11.8 Å². The summed E-state index contributed by atoms with van der Waals surface area (Å²) < 4.78 is 2.09. The van der Waals surface area contributed by atoms with Crippen LogP contribution in [-0.2, 0) is 24.3 Å². The molecule has 138 valence electrons. The summed E-state index contributed by atoms with van der Waals surface area (Å²) in [6.45, 7) is 2.64. The van der Waals surface area contributed by atoms with Gasteiger partial charge in [-0.2, -0.15) is 5.10 Å². The third kappa shape index (κ3) is 4.17. The zero-order chi connectivity index (χ0) is 17.9. The minimum absolute atomic E-state index is 0.142. The molecule has 8 heteroatoms. The van der Waals surface area contributed by atoms with Crippen molar-refractivity contribution < 1.29 is 4.79 Å². The van der Waals surface area contributed by atoms with Crippen molar-refractivity contribution in [1.29, 1.82) is 0 Å². The van der Waals surface area contributed by atoms with E-state index in [1.54, 1.807) is 11.8 Å². The van der Waals surface area contributed by atoms with Crippen LogP contribution in [0.5, 0.6) is 0 Å². The second kappa shape index (κ2) is 7.65. The number of nitrogens with one attached hydrogen (secondary N) is 1. The van der Waals surface area contributed by atoms with E-state index in [0.29, 0.717) is 18.9 Å². The van der Waals surface area contributed by atoms with Crippen molar-refractivity contribution in [3.8, 4) is 0 Å². The van der Waals surface area contributed by atoms with Gasteiger partial charge in [0.15, 0.2) is 5.16 Å². The van der Waals surface area contributed by atoms with E-state index in [0.717, 1.165) is 55.6 Å². The average Bonchev–Trinajstić information content (AvgIpc) is 3.42. The lowest BCUT2D eigenvalue weighted by molar-refractivity contribution is -0.121. The lowest BCUT2D eigenvalue weighted by atomic mass is 10.2. The van der Waals surface area contributed by atoms with Crippen molar-refractivity contribution in [2.24, 2.45) is 0 Å². The number of carbonyl (C=O) groups excluding carboxylic acids is 1. The molecule has 2 aliphatic rings. The second-order valence-electron chi connectivity index (χ2n) is 6.87. The number of amides is 1. The van der Waals surface area contributed by atoms with Gasteiger partial charge in [0.1, 0.15) is 5.82 Å². The van der Waals surface area contributed by atoms with Crippen LogP contribution in [0.2, 0.25) is 0 Å². The van der Waals surface area contributed by atoms with Crippen LogP contribution in [-0.4, -0.2) is 44.5 Å². The Bertz CT molecular complexity index is 788. The summed E-state index contributed by atoms with van der Waals surface area (Å²) in [5, 5.41) is 8.54. The monoisotopic (exact) mass is 372 g/mol. The molecule has 1 amide bonds. The normalized spacial score (nSPS) is 16.9. The minimum atomic E-state index is 0.142. The van der Waals surface area contributed by atoms with Gasteiger partial charge in [-0.3, -0.25) is 9.48 Å². The number of rotatable bonds is 6. The Labute approximate surface area is 157 Å². The van der Waals surface area contributed by atoms with Crippen LogP contribution in [0.4, 0.5) is 5.82 Å². The molecule has 0 saturated heterocycles. The fourth-order valence-electron chi connectivity index (χ4n) is 3.21. The fourth-order valence-corrected chi connectivity index (χ4v) is 3.57. The Morgan fingerprint density at radius 1 is 1.38 bits per heavy atom. The molecule has 4 rings (SSSR count). The van der Waals surface area contributed by atoms with Gasteiger partial charge in [-0.05, 0) is 37.7 Å².